The van der Waals surface area contributed by atoms with Crippen molar-refractivity contribution in [1.82, 2.24) is 0 Å². The van der Waals surface area contributed by atoms with Gasteiger partial charge in [-0.15, -0.1) is 11.3 Å². The first-order chi connectivity index (χ1) is 7.03. The van der Waals surface area contributed by atoms with E-state index in [2.05, 4.69) is 0 Å². The molecule has 0 unspecified atom stereocenters. The predicted octanol–water partition coefficient (Wildman–Crippen LogP) is 1.70. The first kappa shape index (κ1) is 10.2. The molecule has 2 rings (SSSR count). The number of carbonyl (C=O) groups is 1. The summed E-state index contributed by atoms with van der Waals surface area (Å²) in [5.41, 5.74) is 0. The number of fused-ring (bicyclic) bond motifs is 1. The number of hydrogen-bond acceptors (Lipinski definition) is 4. The molecule has 0 bridgehead atoms. The molecule has 1 N–H and O–H groups in total. The van der Waals surface area contributed by atoms with Crippen molar-refractivity contribution in [1.29, 1.82) is 0 Å². The molecule has 82 valence electrons. The predicted molar refractivity (Wildman–Crippen MR) is 46.8 cm³/mol. The molecule has 0 saturated heterocycles. The lowest BCUT2D eigenvalue weighted by atomic mass is 10.2. The Morgan fingerprint density at radius 2 is 2.13 bits per heavy atom. The fourth-order valence-electron chi connectivity index (χ4n) is 1.18. The third-order valence-corrected chi connectivity index (χ3v) is 2.86. The van der Waals surface area contributed by atoms with Gasteiger partial charge in [0.25, 0.3) is 0 Å². The summed E-state index contributed by atoms with van der Waals surface area (Å²) in [4.78, 5) is 9.74. The zero-order valence-corrected chi connectivity index (χ0v) is 8.14. The second-order valence-corrected chi connectivity index (χ2v) is 3.71. The van der Waals surface area contributed by atoms with Gasteiger partial charge in [0.1, 0.15) is 18.1 Å². The number of hydrogen-bond donors (Lipinski definition) is 1. The normalized spacial score (nSPS) is 15.1. The van der Waals surface area contributed by atoms with Crippen molar-refractivity contribution >= 4 is 17.3 Å². The van der Waals surface area contributed by atoms with Gasteiger partial charge < -0.3 is 14.6 Å². The van der Waals surface area contributed by atoms with Crippen molar-refractivity contribution in [2.45, 2.75) is 5.92 Å². The molecule has 0 radical (unpaired) electrons. The van der Waals surface area contributed by atoms with Crippen molar-refractivity contribution in [3.05, 3.63) is 10.3 Å². The van der Waals surface area contributed by atoms with Crippen LogP contribution >= 0.6 is 11.3 Å². The third kappa shape index (κ3) is 1.52. The van der Waals surface area contributed by atoms with Gasteiger partial charge in [0.15, 0.2) is 11.5 Å². The van der Waals surface area contributed by atoms with E-state index < -0.39 is 16.8 Å². The number of halogens is 2. The minimum absolute atomic E-state index is 0.145. The van der Waals surface area contributed by atoms with Crippen LogP contribution in [0.5, 0.6) is 11.5 Å². The molecule has 4 nitrogen and oxygen atoms in total. The molecule has 0 aromatic carbocycles. The highest BCUT2D eigenvalue weighted by molar-refractivity contribution is 7.11. The molecule has 1 aliphatic heterocycles. The second-order valence-electron chi connectivity index (χ2n) is 2.83. The van der Waals surface area contributed by atoms with Crippen LogP contribution in [0.1, 0.15) is 4.88 Å². The van der Waals surface area contributed by atoms with Gasteiger partial charge in [0, 0.05) is 5.38 Å². The topological polar surface area (TPSA) is 55.8 Å². The molecule has 0 amide bonds. The van der Waals surface area contributed by atoms with E-state index in [4.69, 9.17) is 14.6 Å². The zero-order valence-electron chi connectivity index (χ0n) is 7.33. The maximum atomic E-state index is 13.2. The van der Waals surface area contributed by atoms with E-state index in [1.807, 2.05) is 0 Å². The van der Waals surface area contributed by atoms with E-state index in [-0.39, 0.29) is 24.7 Å². The van der Waals surface area contributed by atoms with E-state index in [9.17, 15) is 13.6 Å². The summed E-state index contributed by atoms with van der Waals surface area (Å²) in [6.07, 6.45) is 0. The largest absolute Gasteiger partial charge is 0.485 e. The van der Waals surface area contributed by atoms with Gasteiger partial charge in [-0.2, -0.15) is 8.78 Å². The molecule has 15 heavy (non-hydrogen) atoms. The number of carboxylic acids is 1. The van der Waals surface area contributed by atoms with Crippen LogP contribution in [0.3, 0.4) is 0 Å². The minimum Gasteiger partial charge on any atom is -0.485 e. The first-order valence-corrected chi connectivity index (χ1v) is 4.90. The van der Waals surface area contributed by atoms with E-state index >= 15 is 0 Å². The molecule has 2 heterocycles. The molecule has 7 heteroatoms. The van der Waals surface area contributed by atoms with Crippen LogP contribution in [0.25, 0.3) is 0 Å². The Hall–Kier alpha value is -1.37. The fraction of sp³-hybridized carbons (Fsp3) is 0.375. The number of ether oxygens (including phenoxy) is 2. The van der Waals surface area contributed by atoms with E-state index in [1.165, 1.54) is 5.38 Å². The zero-order chi connectivity index (χ0) is 11.1. The Labute approximate surface area is 87.0 Å². The van der Waals surface area contributed by atoms with Crippen LogP contribution < -0.4 is 9.47 Å². The second kappa shape index (κ2) is 3.34. The molecule has 0 aliphatic carbocycles. The summed E-state index contributed by atoms with van der Waals surface area (Å²) in [5, 5.41) is 9.70. The standard InChI is InChI=1S/C8H6F2O4S/c9-8(10,7(11)12)6-5-4(3-15-6)13-1-2-14-5/h3H,1-2H2,(H,11,12). The van der Waals surface area contributed by atoms with Gasteiger partial charge in [-0.3, -0.25) is 0 Å². The highest BCUT2D eigenvalue weighted by atomic mass is 32.1. The van der Waals surface area contributed by atoms with Crippen molar-refractivity contribution in [3.8, 4) is 11.5 Å². The van der Waals surface area contributed by atoms with Gasteiger partial charge in [0.2, 0.25) is 0 Å². The molecule has 0 saturated carbocycles. The van der Waals surface area contributed by atoms with Crippen LogP contribution in [0, 0.1) is 0 Å². The van der Waals surface area contributed by atoms with E-state index in [0.717, 1.165) is 0 Å². The molecule has 0 spiro atoms. The van der Waals surface area contributed by atoms with Crippen molar-refractivity contribution < 1.29 is 28.2 Å². The van der Waals surface area contributed by atoms with Crippen LogP contribution in [0.2, 0.25) is 0 Å². The molecule has 1 aliphatic rings. The van der Waals surface area contributed by atoms with E-state index in [1.54, 1.807) is 0 Å². The monoisotopic (exact) mass is 236 g/mol. The Morgan fingerprint density at radius 3 is 2.80 bits per heavy atom. The molecular formula is C8H6F2O4S. The summed E-state index contributed by atoms with van der Waals surface area (Å²) >= 11 is 0.620. The summed E-state index contributed by atoms with van der Waals surface area (Å²) in [5.74, 6) is -6.10. The minimum atomic E-state index is -3.93. The highest BCUT2D eigenvalue weighted by Gasteiger charge is 2.46. The number of carboxylic acid groups (broad SMARTS) is 1. The van der Waals surface area contributed by atoms with Gasteiger partial charge in [-0.1, -0.05) is 0 Å². The SMILES string of the molecule is O=C(O)C(F)(F)c1scc2c1OCCO2. The highest BCUT2D eigenvalue weighted by Crippen LogP contribution is 2.47. The van der Waals surface area contributed by atoms with Gasteiger partial charge in [-0.05, 0) is 0 Å². The number of thiophene rings is 1. The molecule has 1 aromatic rings. The molecule has 1 aromatic heterocycles. The van der Waals surface area contributed by atoms with E-state index in [0.29, 0.717) is 11.3 Å². The number of alkyl halides is 2. The maximum absolute atomic E-state index is 13.2. The van der Waals surface area contributed by atoms with Crippen LogP contribution in [0.15, 0.2) is 5.38 Å². The van der Waals surface area contributed by atoms with Gasteiger partial charge in [-0.25, -0.2) is 4.79 Å². The van der Waals surface area contributed by atoms with Crippen molar-refractivity contribution in [2.24, 2.45) is 0 Å². The van der Waals surface area contributed by atoms with Crippen molar-refractivity contribution in [3.63, 3.8) is 0 Å². The molecule has 0 fully saturated rings. The van der Waals surface area contributed by atoms with Gasteiger partial charge >= 0.3 is 11.9 Å². The molecule has 0 atom stereocenters. The lowest BCUT2D eigenvalue weighted by Crippen LogP contribution is -2.26. The lowest BCUT2D eigenvalue weighted by Gasteiger charge is -2.18. The molecular weight excluding hydrogens is 230 g/mol. The average Bonchev–Trinajstić information content (AvgIpc) is 2.61. The average molecular weight is 236 g/mol. The Kier molecular flexibility index (Phi) is 2.26. The number of rotatable bonds is 2. The Bertz CT molecular complexity index is 401. The first-order valence-electron chi connectivity index (χ1n) is 4.02. The maximum Gasteiger partial charge on any atom is 0.380 e. The van der Waals surface area contributed by atoms with Gasteiger partial charge in [0.05, 0.1) is 0 Å². The summed E-state index contributed by atoms with van der Waals surface area (Å²) in [7, 11) is 0. The van der Waals surface area contributed by atoms with Crippen LogP contribution in [-0.4, -0.2) is 24.3 Å². The Morgan fingerprint density at radius 1 is 1.47 bits per heavy atom. The quantitative estimate of drug-likeness (QED) is 0.849. The van der Waals surface area contributed by atoms with Crippen molar-refractivity contribution in [2.75, 3.05) is 13.2 Å². The number of aliphatic carboxylic acids is 1. The fourth-order valence-corrected chi connectivity index (χ4v) is 2.08. The van der Waals surface area contributed by atoms with Crippen LogP contribution in [0.4, 0.5) is 8.78 Å². The lowest BCUT2D eigenvalue weighted by molar-refractivity contribution is -0.166. The third-order valence-electron chi connectivity index (χ3n) is 1.85. The Balaban J connectivity index is 2.45. The summed E-state index contributed by atoms with van der Waals surface area (Å²) < 4.78 is 36.4. The van der Waals surface area contributed by atoms with Crippen LogP contribution in [-0.2, 0) is 10.7 Å². The summed E-state index contributed by atoms with van der Waals surface area (Å²) in [6.45, 7) is 0.425. The smallest absolute Gasteiger partial charge is 0.380 e. The summed E-state index contributed by atoms with van der Waals surface area (Å²) in [6, 6.07) is 0.